The summed E-state index contributed by atoms with van der Waals surface area (Å²) < 4.78 is 6.85. The zero-order chi connectivity index (χ0) is 20.0. The van der Waals surface area contributed by atoms with E-state index in [9.17, 15) is 4.79 Å². The van der Waals surface area contributed by atoms with Crippen LogP contribution in [0.25, 0.3) is 0 Å². The van der Waals surface area contributed by atoms with Crippen molar-refractivity contribution in [2.24, 2.45) is 0 Å². The van der Waals surface area contributed by atoms with E-state index in [0.29, 0.717) is 13.0 Å². The number of carbonyl (C=O) groups is 1. The third kappa shape index (κ3) is 4.39. The molecule has 0 aliphatic carbocycles. The molecule has 0 radical (unpaired) electrons. The Morgan fingerprint density at radius 1 is 0.929 bits per heavy atom. The maximum atomic E-state index is 12.4. The molecule has 0 saturated carbocycles. The Kier molecular flexibility index (Phi) is 6.73. The van der Waals surface area contributed by atoms with E-state index >= 15 is 0 Å². The van der Waals surface area contributed by atoms with E-state index < -0.39 is 8.32 Å². The Morgan fingerprint density at radius 3 is 1.89 bits per heavy atom. The van der Waals surface area contributed by atoms with Crippen LogP contribution in [0.5, 0.6) is 0 Å². The van der Waals surface area contributed by atoms with E-state index in [1.165, 1.54) is 10.4 Å². The van der Waals surface area contributed by atoms with Crippen molar-refractivity contribution in [3.8, 4) is 0 Å². The Balaban J connectivity index is 1.81. The van der Waals surface area contributed by atoms with Crippen molar-refractivity contribution in [1.82, 2.24) is 4.90 Å². The van der Waals surface area contributed by atoms with Gasteiger partial charge >= 0.3 is 0 Å². The average molecular weight is 396 g/mol. The molecule has 0 N–H and O–H groups in total. The Bertz CT molecular complexity index is 710. The maximum Gasteiger partial charge on any atom is 0.261 e. The monoisotopic (exact) mass is 395 g/mol. The highest BCUT2D eigenvalue weighted by Gasteiger charge is 2.49. The van der Waals surface area contributed by atoms with Gasteiger partial charge in [0, 0.05) is 26.1 Å². The molecule has 2 aromatic rings. The highest BCUT2D eigenvalue weighted by molar-refractivity contribution is 6.99. The fraction of sp³-hybridized carbons (Fsp3) is 0.458. The van der Waals surface area contributed by atoms with Crippen LogP contribution in [0.4, 0.5) is 0 Å². The van der Waals surface area contributed by atoms with E-state index in [4.69, 9.17) is 4.43 Å². The standard InChI is InChI=1S/C24H33NO2Si/c1-24(2,3)28(21-13-6-4-7-14-21,22-15-8-5-9-16-22)27-20-12-17-23(26)25-18-10-11-19-25/h4-9,13-16H,10-12,17-20H2,1-3H3. The van der Waals surface area contributed by atoms with Crippen molar-refractivity contribution in [1.29, 1.82) is 0 Å². The van der Waals surface area contributed by atoms with Gasteiger partial charge in [-0.15, -0.1) is 0 Å². The third-order valence-electron chi connectivity index (χ3n) is 5.73. The highest BCUT2D eigenvalue weighted by Crippen LogP contribution is 2.36. The van der Waals surface area contributed by atoms with Gasteiger partial charge in [-0.05, 0) is 34.7 Å². The van der Waals surface area contributed by atoms with E-state index in [-0.39, 0.29) is 10.9 Å². The molecule has 1 fully saturated rings. The van der Waals surface area contributed by atoms with Crippen molar-refractivity contribution >= 4 is 24.6 Å². The fourth-order valence-electron chi connectivity index (χ4n) is 4.33. The smallest absolute Gasteiger partial charge is 0.261 e. The van der Waals surface area contributed by atoms with Crippen LogP contribution in [0.3, 0.4) is 0 Å². The van der Waals surface area contributed by atoms with Crippen LogP contribution in [0.15, 0.2) is 60.7 Å². The van der Waals surface area contributed by atoms with Crippen LogP contribution in [0.1, 0.15) is 46.5 Å². The van der Waals surface area contributed by atoms with Crippen LogP contribution < -0.4 is 10.4 Å². The minimum atomic E-state index is -2.48. The van der Waals surface area contributed by atoms with Crippen LogP contribution in [-0.2, 0) is 9.22 Å². The molecule has 1 aliphatic heterocycles. The quantitative estimate of drug-likeness (QED) is 0.524. The lowest BCUT2D eigenvalue weighted by atomic mass is 10.2. The zero-order valence-corrected chi connectivity index (χ0v) is 18.5. The Morgan fingerprint density at radius 2 is 1.43 bits per heavy atom. The van der Waals surface area contributed by atoms with E-state index in [1.807, 2.05) is 4.90 Å². The number of amides is 1. The molecule has 0 unspecified atom stereocenters. The lowest BCUT2D eigenvalue weighted by Crippen LogP contribution is -2.66. The average Bonchev–Trinajstić information content (AvgIpc) is 3.23. The zero-order valence-electron chi connectivity index (χ0n) is 17.5. The molecule has 0 atom stereocenters. The van der Waals surface area contributed by atoms with Crippen LogP contribution in [0, 0.1) is 0 Å². The van der Waals surface area contributed by atoms with E-state index in [0.717, 1.165) is 32.4 Å². The van der Waals surface area contributed by atoms with Gasteiger partial charge < -0.3 is 9.33 Å². The molecular formula is C24H33NO2Si. The number of hydrogen-bond donors (Lipinski definition) is 0. The molecule has 1 aliphatic rings. The number of nitrogens with zero attached hydrogens (tertiary/aromatic N) is 1. The number of rotatable bonds is 7. The molecule has 28 heavy (non-hydrogen) atoms. The van der Waals surface area contributed by atoms with Gasteiger partial charge in [-0.3, -0.25) is 4.79 Å². The molecule has 1 amide bonds. The maximum absolute atomic E-state index is 12.4. The van der Waals surface area contributed by atoms with E-state index in [2.05, 4.69) is 81.4 Å². The molecule has 1 saturated heterocycles. The summed E-state index contributed by atoms with van der Waals surface area (Å²) in [6.07, 6.45) is 3.65. The highest BCUT2D eigenvalue weighted by atomic mass is 28.4. The normalized spacial score (nSPS) is 15.0. The molecule has 2 aromatic carbocycles. The lowest BCUT2D eigenvalue weighted by Gasteiger charge is -2.43. The Labute approximate surface area is 170 Å². The van der Waals surface area contributed by atoms with E-state index in [1.54, 1.807) is 0 Å². The second-order valence-electron chi connectivity index (χ2n) is 8.70. The predicted molar refractivity (Wildman–Crippen MR) is 119 cm³/mol. The molecule has 4 heteroatoms. The largest absolute Gasteiger partial charge is 0.407 e. The first-order valence-corrected chi connectivity index (χ1v) is 12.4. The first kappa shape index (κ1) is 20.8. The molecule has 3 rings (SSSR count). The summed E-state index contributed by atoms with van der Waals surface area (Å²) in [6.45, 7) is 9.33. The molecule has 0 bridgehead atoms. The summed E-state index contributed by atoms with van der Waals surface area (Å²) in [7, 11) is -2.48. The second-order valence-corrected chi connectivity index (χ2v) is 13.0. The first-order valence-electron chi connectivity index (χ1n) is 10.5. The first-order chi connectivity index (χ1) is 13.4. The lowest BCUT2D eigenvalue weighted by molar-refractivity contribution is -0.130. The molecule has 150 valence electrons. The second kappa shape index (κ2) is 9.06. The van der Waals surface area contributed by atoms with Gasteiger partial charge in [0.2, 0.25) is 5.91 Å². The predicted octanol–water partition coefficient (Wildman–Crippen LogP) is 3.97. The molecule has 0 aromatic heterocycles. The van der Waals surface area contributed by atoms with Crippen molar-refractivity contribution in [3.05, 3.63) is 60.7 Å². The topological polar surface area (TPSA) is 29.5 Å². The van der Waals surface area contributed by atoms with Gasteiger partial charge in [0.15, 0.2) is 0 Å². The Hall–Kier alpha value is -1.91. The fourth-order valence-corrected chi connectivity index (χ4v) is 8.94. The van der Waals surface area contributed by atoms with Gasteiger partial charge in [0.25, 0.3) is 8.32 Å². The summed E-state index contributed by atoms with van der Waals surface area (Å²) in [5.41, 5.74) is 0. The molecule has 3 nitrogen and oxygen atoms in total. The number of likely N-dealkylation sites (tertiary alicyclic amines) is 1. The number of benzene rings is 2. The van der Waals surface area contributed by atoms with Gasteiger partial charge in [0.1, 0.15) is 0 Å². The van der Waals surface area contributed by atoms with Gasteiger partial charge in [-0.1, -0.05) is 81.4 Å². The minimum absolute atomic E-state index is 0.0192. The third-order valence-corrected chi connectivity index (χ3v) is 10.8. The number of carbonyl (C=O) groups excluding carboxylic acids is 1. The van der Waals surface area contributed by atoms with Gasteiger partial charge in [0.05, 0.1) is 0 Å². The van der Waals surface area contributed by atoms with Crippen molar-refractivity contribution in [3.63, 3.8) is 0 Å². The van der Waals surface area contributed by atoms with Gasteiger partial charge in [-0.25, -0.2) is 0 Å². The summed E-state index contributed by atoms with van der Waals surface area (Å²) >= 11 is 0. The molecule has 1 heterocycles. The van der Waals surface area contributed by atoms with Crippen molar-refractivity contribution < 1.29 is 9.22 Å². The van der Waals surface area contributed by atoms with Crippen LogP contribution in [0.2, 0.25) is 5.04 Å². The number of hydrogen-bond acceptors (Lipinski definition) is 2. The van der Waals surface area contributed by atoms with Crippen molar-refractivity contribution in [2.75, 3.05) is 19.7 Å². The van der Waals surface area contributed by atoms with Gasteiger partial charge in [-0.2, -0.15) is 0 Å². The molecule has 0 spiro atoms. The summed E-state index contributed by atoms with van der Waals surface area (Å²) in [5, 5.41) is 2.56. The van der Waals surface area contributed by atoms with Crippen LogP contribution >= 0.6 is 0 Å². The summed E-state index contributed by atoms with van der Waals surface area (Å²) in [4.78, 5) is 14.4. The van der Waals surface area contributed by atoms with Crippen LogP contribution in [-0.4, -0.2) is 38.8 Å². The summed E-state index contributed by atoms with van der Waals surface area (Å²) in [6, 6.07) is 21.4. The SMILES string of the molecule is CC(C)(C)[Si](OCCCC(=O)N1CCCC1)(c1ccccc1)c1ccccc1. The molecular weight excluding hydrogens is 362 g/mol. The summed E-state index contributed by atoms with van der Waals surface area (Å²) in [5.74, 6) is 0.281. The minimum Gasteiger partial charge on any atom is -0.407 e. The van der Waals surface area contributed by atoms with Crippen molar-refractivity contribution in [2.45, 2.75) is 51.5 Å².